The van der Waals surface area contributed by atoms with Crippen LogP contribution in [0, 0.1) is 5.41 Å². The summed E-state index contributed by atoms with van der Waals surface area (Å²) < 4.78 is 0. The Labute approximate surface area is 124 Å². The lowest BCUT2D eigenvalue weighted by Gasteiger charge is -2.32. The van der Waals surface area contributed by atoms with Gasteiger partial charge >= 0.3 is 0 Å². The largest absolute Gasteiger partial charge is 0.353 e. The molecule has 1 rings (SSSR count). The van der Waals surface area contributed by atoms with Crippen molar-refractivity contribution in [2.24, 2.45) is 11.1 Å². The van der Waals surface area contributed by atoms with E-state index in [1.165, 1.54) is 13.0 Å². The van der Waals surface area contributed by atoms with E-state index in [0.717, 1.165) is 38.8 Å². The van der Waals surface area contributed by atoms with Crippen LogP contribution in [0.4, 0.5) is 0 Å². The minimum atomic E-state index is 0.177. The molecule has 4 nitrogen and oxygen atoms in total. The normalized spacial score (nSPS) is 18.2. The molecule has 4 heteroatoms. The summed E-state index contributed by atoms with van der Waals surface area (Å²) in [7, 11) is 0. The summed E-state index contributed by atoms with van der Waals surface area (Å²) in [5.74, 6) is 0.212. The molecule has 0 aromatic heterocycles. The molecule has 1 aliphatic heterocycles. The van der Waals surface area contributed by atoms with Gasteiger partial charge in [-0.3, -0.25) is 4.79 Å². The van der Waals surface area contributed by atoms with Crippen LogP contribution in [0.15, 0.2) is 0 Å². The van der Waals surface area contributed by atoms with Crippen molar-refractivity contribution in [1.29, 1.82) is 0 Å². The van der Waals surface area contributed by atoms with E-state index in [1.807, 2.05) is 0 Å². The number of amides is 1. The van der Waals surface area contributed by atoms with E-state index >= 15 is 0 Å². The van der Waals surface area contributed by atoms with Gasteiger partial charge in [-0.15, -0.1) is 0 Å². The molecule has 0 atom stereocenters. The van der Waals surface area contributed by atoms with E-state index in [9.17, 15) is 4.79 Å². The van der Waals surface area contributed by atoms with Gasteiger partial charge in [0.25, 0.3) is 0 Å². The highest BCUT2D eigenvalue weighted by Crippen LogP contribution is 2.25. The Morgan fingerprint density at radius 3 is 2.50 bits per heavy atom. The van der Waals surface area contributed by atoms with E-state index in [-0.39, 0.29) is 11.3 Å². The van der Waals surface area contributed by atoms with E-state index in [0.29, 0.717) is 19.0 Å². The first-order valence-electron chi connectivity index (χ1n) is 8.18. The zero-order chi connectivity index (χ0) is 15.0. The van der Waals surface area contributed by atoms with Crippen LogP contribution >= 0.6 is 0 Å². The Kier molecular flexibility index (Phi) is 7.52. The van der Waals surface area contributed by atoms with Crippen LogP contribution < -0.4 is 11.1 Å². The first kappa shape index (κ1) is 17.4. The smallest absolute Gasteiger partial charge is 0.220 e. The monoisotopic (exact) mass is 283 g/mol. The van der Waals surface area contributed by atoms with Gasteiger partial charge in [-0.25, -0.2) is 0 Å². The third kappa shape index (κ3) is 6.71. The Hall–Kier alpha value is -0.610. The second-order valence-corrected chi connectivity index (χ2v) is 6.89. The molecule has 0 radical (unpaired) electrons. The van der Waals surface area contributed by atoms with Crippen LogP contribution in [-0.4, -0.2) is 43.0 Å². The van der Waals surface area contributed by atoms with Crippen molar-refractivity contribution in [1.82, 2.24) is 10.2 Å². The average Bonchev–Trinajstić information content (AvgIpc) is 2.39. The van der Waals surface area contributed by atoms with Crippen LogP contribution in [0.3, 0.4) is 0 Å². The summed E-state index contributed by atoms with van der Waals surface area (Å²) >= 11 is 0. The van der Waals surface area contributed by atoms with Gasteiger partial charge in [0.15, 0.2) is 0 Å². The minimum absolute atomic E-state index is 0.177. The molecule has 1 fully saturated rings. The van der Waals surface area contributed by atoms with Gasteiger partial charge in [-0.2, -0.15) is 0 Å². The first-order valence-corrected chi connectivity index (χ1v) is 8.18. The molecule has 0 saturated carbocycles. The Bertz CT molecular complexity index is 283. The Balaban J connectivity index is 2.20. The molecule has 0 aromatic carbocycles. The van der Waals surface area contributed by atoms with E-state index in [1.54, 1.807) is 0 Å². The van der Waals surface area contributed by atoms with Gasteiger partial charge in [-0.05, 0) is 50.6 Å². The topological polar surface area (TPSA) is 58.4 Å². The van der Waals surface area contributed by atoms with Gasteiger partial charge in [0.2, 0.25) is 5.91 Å². The Morgan fingerprint density at radius 2 is 1.95 bits per heavy atom. The predicted octanol–water partition coefficient (Wildman–Crippen LogP) is 2.13. The molecule has 1 saturated heterocycles. The third-order valence-electron chi connectivity index (χ3n) is 4.34. The summed E-state index contributed by atoms with van der Waals surface area (Å²) in [4.78, 5) is 14.5. The van der Waals surface area contributed by atoms with Crippen molar-refractivity contribution in [3.05, 3.63) is 0 Å². The van der Waals surface area contributed by atoms with Crippen molar-refractivity contribution >= 4 is 5.91 Å². The Morgan fingerprint density at radius 1 is 1.30 bits per heavy atom. The van der Waals surface area contributed by atoms with Gasteiger partial charge in [0.1, 0.15) is 0 Å². The van der Waals surface area contributed by atoms with E-state index in [4.69, 9.17) is 5.73 Å². The summed E-state index contributed by atoms with van der Waals surface area (Å²) in [6, 6.07) is 0.383. The number of piperidine rings is 1. The fourth-order valence-corrected chi connectivity index (χ4v) is 2.88. The van der Waals surface area contributed by atoms with E-state index < -0.39 is 0 Å². The third-order valence-corrected chi connectivity index (χ3v) is 4.34. The zero-order valence-corrected chi connectivity index (χ0v) is 13.6. The van der Waals surface area contributed by atoms with Gasteiger partial charge in [-0.1, -0.05) is 20.8 Å². The fraction of sp³-hybridized carbons (Fsp3) is 0.938. The predicted molar refractivity (Wildman–Crippen MR) is 84.6 cm³/mol. The molecule has 3 N–H and O–H groups in total. The fourth-order valence-electron chi connectivity index (χ4n) is 2.88. The maximum atomic E-state index is 12.0. The SMILES string of the molecule is CCCN1CCC(NC(=O)CCC(C)(C)CCN)CC1. The number of nitrogens with two attached hydrogens (primary N) is 1. The molecular weight excluding hydrogens is 250 g/mol. The number of nitrogens with zero attached hydrogens (tertiary/aromatic N) is 1. The minimum Gasteiger partial charge on any atom is -0.353 e. The highest BCUT2D eigenvalue weighted by atomic mass is 16.1. The molecule has 0 aromatic rings. The molecule has 0 aliphatic carbocycles. The number of hydrogen-bond acceptors (Lipinski definition) is 3. The molecule has 1 aliphatic rings. The van der Waals surface area contributed by atoms with Crippen LogP contribution in [-0.2, 0) is 4.79 Å². The molecule has 1 amide bonds. The van der Waals surface area contributed by atoms with Crippen molar-refractivity contribution in [2.45, 2.75) is 65.3 Å². The van der Waals surface area contributed by atoms with Gasteiger partial charge in [0.05, 0.1) is 0 Å². The standard InChI is InChI=1S/C16H33N3O/c1-4-11-19-12-6-14(7-13-19)18-15(20)5-8-16(2,3)9-10-17/h14H,4-13,17H2,1-3H3,(H,18,20). The lowest BCUT2D eigenvalue weighted by atomic mass is 9.84. The molecule has 20 heavy (non-hydrogen) atoms. The molecule has 118 valence electrons. The van der Waals surface area contributed by atoms with Crippen molar-refractivity contribution in [3.8, 4) is 0 Å². The summed E-state index contributed by atoms with van der Waals surface area (Å²) in [5, 5.41) is 3.20. The number of hydrogen-bond donors (Lipinski definition) is 2. The average molecular weight is 283 g/mol. The van der Waals surface area contributed by atoms with Crippen LogP contribution in [0.25, 0.3) is 0 Å². The first-order chi connectivity index (χ1) is 9.46. The van der Waals surface area contributed by atoms with Crippen molar-refractivity contribution < 1.29 is 4.79 Å². The summed E-state index contributed by atoms with van der Waals surface area (Å²) in [6.07, 6.45) is 5.94. The maximum Gasteiger partial charge on any atom is 0.220 e. The number of carbonyl (C=O) groups excluding carboxylic acids is 1. The highest BCUT2D eigenvalue weighted by Gasteiger charge is 2.22. The second-order valence-electron chi connectivity index (χ2n) is 6.89. The van der Waals surface area contributed by atoms with Crippen molar-refractivity contribution in [2.75, 3.05) is 26.2 Å². The van der Waals surface area contributed by atoms with E-state index in [2.05, 4.69) is 31.0 Å². The van der Waals surface area contributed by atoms with Crippen LogP contribution in [0.5, 0.6) is 0 Å². The van der Waals surface area contributed by atoms with Crippen LogP contribution in [0.2, 0.25) is 0 Å². The number of rotatable bonds is 8. The quantitative estimate of drug-likeness (QED) is 0.717. The molecule has 1 heterocycles. The van der Waals surface area contributed by atoms with Crippen molar-refractivity contribution in [3.63, 3.8) is 0 Å². The summed E-state index contributed by atoms with van der Waals surface area (Å²) in [6.45, 7) is 10.7. The molecule has 0 bridgehead atoms. The summed E-state index contributed by atoms with van der Waals surface area (Å²) in [5.41, 5.74) is 5.78. The highest BCUT2D eigenvalue weighted by molar-refractivity contribution is 5.76. The molecule has 0 spiro atoms. The second kappa shape index (κ2) is 8.63. The lowest BCUT2D eigenvalue weighted by molar-refractivity contribution is -0.122. The number of likely N-dealkylation sites (tertiary alicyclic amines) is 1. The van der Waals surface area contributed by atoms with Crippen LogP contribution in [0.1, 0.15) is 59.3 Å². The van der Waals surface area contributed by atoms with Gasteiger partial charge in [0, 0.05) is 25.6 Å². The maximum absolute atomic E-state index is 12.0. The van der Waals surface area contributed by atoms with Gasteiger partial charge < -0.3 is 16.0 Å². The molecule has 0 unspecified atom stereocenters. The lowest BCUT2D eigenvalue weighted by Crippen LogP contribution is -2.44. The zero-order valence-electron chi connectivity index (χ0n) is 13.6. The molecular formula is C16H33N3O. The number of nitrogens with one attached hydrogen (secondary N) is 1. The number of carbonyl (C=O) groups is 1.